The fraction of sp³-hybridized carbons (Fsp3) is 1.00. The van der Waals surface area contributed by atoms with Crippen molar-refractivity contribution in [3.63, 3.8) is 0 Å². The van der Waals surface area contributed by atoms with E-state index in [4.69, 9.17) is 9.47 Å². The number of ether oxygens (including phenoxy) is 2. The van der Waals surface area contributed by atoms with E-state index in [1.54, 1.807) is 0 Å². The Kier molecular flexibility index (Phi) is 3.10. The first kappa shape index (κ1) is 10.4. The molecule has 0 bridgehead atoms. The summed E-state index contributed by atoms with van der Waals surface area (Å²) in [5, 5.41) is 3.35. The van der Waals surface area contributed by atoms with Gasteiger partial charge in [-0.25, -0.2) is 0 Å². The molecule has 3 unspecified atom stereocenters. The van der Waals surface area contributed by atoms with Crippen LogP contribution < -0.4 is 5.32 Å². The fourth-order valence-electron chi connectivity index (χ4n) is 2.55. The maximum absolute atomic E-state index is 6.14. The zero-order valence-electron chi connectivity index (χ0n) is 9.21. The predicted octanol–water partition coefficient (Wildman–Crippen LogP) is 1.32. The second kappa shape index (κ2) is 4.17. The van der Waals surface area contributed by atoms with Gasteiger partial charge in [-0.1, -0.05) is 6.92 Å². The minimum atomic E-state index is 0.0556. The summed E-state index contributed by atoms with van der Waals surface area (Å²) in [6.07, 6.45) is 4.12. The molecule has 2 rings (SSSR count). The van der Waals surface area contributed by atoms with Crippen LogP contribution in [-0.4, -0.2) is 37.5 Å². The molecule has 2 saturated heterocycles. The second-order valence-corrected chi connectivity index (χ2v) is 4.41. The van der Waals surface area contributed by atoms with E-state index in [0.29, 0.717) is 6.10 Å². The van der Waals surface area contributed by atoms with Crippen molar-refractivity contribution in [1.29, 1.82) is 0 Å². The van der Waals surface area contributed by atoms with Crippen LogP contribution in [0.25, 0.3) is 0 Å². The van der Waals surface area contributed by atoms with Crippen LogP contribution in [0.3, 0.4) is 0 Å². The van der Waals surface area contributed by atoms with Gasteiger partial charge in [-0.3, -0.25) is 0 Å². The summed E-state index contributed by atoms with van der Waals surface area (Å²) < 4.78 is 11.7. The van der Waals surface area contributed by atoms with E-state index in [-0.39, 0.29) is 11.7 Å². The highest BCUT2D eigenvalue weighted by molar-refractivity contribution is 4.97. The molecule has 2 aliphatic heterocycles. The summed E-state index contributed by atoms with van der Waals surface area (Å²) in [4.78, 5) is 0. The van der Waals surface area contributed by atoms with Gasteiger partial charge in [0, 0.05) is 19.6 Å². The van der Waals surface area contributed by atoms with Crippen molar-refractivity contribution in [2.75, 3.05) is 19.7 Å². The molecule has 3 atom stereocenters. The van der Waals surface area contributed by atoms with Gasteiger partial charge >= 0.3 is 0 Å². The normalized spacial score (nSPS) is 42.4. The lowest BCUT2D eigenvalue weighted by Gasteiger charge is -2.27. The average Bonchev–Trinajstić information content (AvgIpc) is 2.74. The molecule has 0 saturated carbocycles. The Morgan fingerprint density at radius 2 is 2.29 bits per heavy atom. The van der Waals surface area contributed by atoms with E-state index in [0.717, 1.165) is 26.1 Å². The molecule has 0 aliphatic carbocycles. The quantitative estimate of drug-likeness (QED) is 0.743. The van der Waals surface area contributed by atoms with Crippen LogP contribution in [0, 0.1) is 0 Å². The molecular weight excluding hydrogens is 178 g/mol. The molecule has 14 heavy (non-hydrogen) atoms. The van der Waals surface area contributed by atoms with Crippen LogP contribution in [0.5, 0.6) is 0 Å². The third-order valence-corrected chi connectivity index (χ3v) is 3.55. The second-order valence-electron chi connectivity index (χ2n) is 4.41. The van der Waals surface area contributed by atoms with Crippen LogP contribution in [0.2, 0.25) is 0 Å². The van der Waals surface area contributed by atoms with Crippen molar-refractivity contribution in [2.24, 2.45) is 0 Å². The number of hydrogen-bond acceptors (Lipinski definition) is 3. The number of rotatable bonds is 3. The molecule has 0 radical (unpaired) electrons. The minimum Gasteiger partial charge on any atom is -0.375 e. The summed E-state index contributed by atoms with van der Waals surface area (Å²) in [5.74, 6) is 0. The first-order chi connectivity index (χ1) is 6.77. The summed E-state index contributed by atoms with van der Waals surface area (Å²) in [7, 11) is 0. The lowest BCUT2D eigenvalue weighted by atomic mass is 9.93. The summed E-state index contributed by atoms with van der Waals surface area (Å²) in [6, 6.07) is 0. The Balaban J connectivity index is 1.87. The van der Waals surface area contributed by atoms with Gasteiger partial charge in [0.05, 0.1) is 17.8 Å². The van der Waals surface area contributed by atoms with E-state index < -0.39 is 0 Å². The Labute approximate surface area is 86.2 Å². The summed E-state index contributed by atoms with van der Waals surface area (Å²) >= 11 is 0. The Morgan fingerprint density at radius 1 is 1.43 bits per heavy atom. The van der Waals surface area contributed by atoms with Crippen LogP contribution in [0.15, 0.2) is 0 Å². The van der Waals surface area contributed by atoms with Crippen LogP contribution in [0.4, 0.5) is 0 Å². The average molecular weight is 199 g/mol. The summed E-state index contributed by atoms with van der Waals surface area (Å²) in [6.45, 7) is 7.16. The molecule has 1 spiro atoms. The molecule has 3 nitrogen and oxygen atoms in total. The minimum absolute atomic E-state index is 0.0556. The molecule has 2 aliphatic rings. The molecule has 0 aromatic rings. The highest BCUT2D eigenvalue weighted by atomic mass is 16.6. The van der Waals surface area contributed by atoms with Gasteiger partial charge in [0.15, 0.2) is 0 Å². The molecule has 2 heterocycles. The molecule has 1 N–H and O–H groups in total. The molecule has 0 aromatic carbocycles. The Hall–Kier alpha value is -0.120. The van der Waals surface area contributed by atoms with Crippen LogP contribution in [-0.2, 0) is 9.47 Å². The van der Waals surface area contributed by atoms with Gasteiger partial charge < -0.3 is 14.8 Å². The van der Waals surface area contributed by atoms with E-state index in [9.17, 15) is 0 Å². The van der Waals surface area contributed by atoms with Gasteiger partial charge in [0.25, 0.3) is 0 Å². The predicted molar refractivity (Wildman–Crippen MR) is 55.4 cm³/mol. The molecular formula is C11H21NO2. The smallest absolute Gasteiger partial charge is 0.0967 e. The maximum atomic E-state index is 6.14. The maximum Gasteiger partial charge on any atom is 0.0967 e. The van der Waals surface area contributed by atoms with E-state index >= 15 is 0 Å². The topological polar surface area (TPSA) is 30.5 Å². The lowest BCUT2D eigenvalue weighted by Crippen LogP contribution is -2.38. The lowest BCUT2D eigenvalue weighted by molar-refractivity contribution is -0.0771. The van der Waals surface area contributed by atoms with Crippen molar-refractivity contribution < 1.29 is 9.47 Å². The molecule has 2 fully saturated rings. The van der Waals surface area contributed by atoms with Gasteiger partial charge in [-0.2, -0.15) is 0 Å². The van der Waals surface area contributed by atoms with Crippen molar-refractivity contribution >= 4 is 0 Å². The zero-order valence-corrected chi connectivity index (χ0v) is 9.21. The van der Waals surface area contributed by atoms with Gasteiger partial charge in [0.1, 0.15) is 0 Å². The SMILES string of the molecule is CCNCC1CCC2(CCOC2C)O1. The number of nitrogens with one attached hydrogen (secondary N) is 1. The first-order valence-corrected chi connectivity index (χ1v) is 5.77. The van der Waals surface area contributed by atoms with Crippen molar-refractivity contribution in [3.05, 3.63) is 0 Å². The van der Waals surface area contributed by atoms with Gasteiger partial charge in [0.2, 0.25) is 0 Å². The third-order valence-electron chi connectivity index (χ3n) is 3.55. The number of likely N-dealkylation sites (N-methyl/N-ethyl adjacent to an activating group) is 1. The molecule has 3 heteroatoms. The fourth-order valence-corrected chi connectivity index (χ4v) is 2.55. The van der Waals surface area contributed by atoms with Crippen molar-refractivity contribution in [3.8, 4) is 0 Å². The van der Waals surface area contributed by atoms with E-state index in [2.05, 4.69) is 19.2 Å². The summed E-state index contributed by atoms with van der Waals surface area (Å²) in [5.41, 5.74) is 0.0556. The van der Waals surface area contributed by atoms with Gasteiger partial charge in [-0.05, 0) is 26.3 Å². The molecule has 0 aromatic heterocycles. The van der Waals surface area contributed by atoms with Gasteiger partial charge in [-0.15, -0.1) is 0 Å². The molecule has 0 amide bonds. The van der Waals surface area contributed by atoms with E-state index in [1.165, 1.54) is 12.8 Å². The highest BCUT2D eigenvalue weighted by Gasteiger charge is 2.47. The van der Waals surface area contributed by atoms with E-state index in [1.807, 2.05) is 0 Å². The largest absolute Gasteiger partial charge is 0.375 e. The Bertz CT molecular complexity index is 198. The highest BCUT2D eigenvalue weighted by Crippen LogP contribution is 2.40. The monoisotopic (exact) mass is 199 g/mol. The van der Waals surface area contributed by atoms with Crippen molar-refractivity contribution in [1.82, 2.24) is 5.32 Å². The zero-order chi connectivity index (χ0) is 10.0. The third kappa shape index (κ3) is 1.81. The number of hydrogen-bond donors (Lipinski definition) is 1. The Morgan fingerprint density at radius 3 is 2.93 bits per heavy atom. The van der Waals surface area contributed by atoms with Crippen LogP contribution >= 0.6 is 0 Å². The standard InChI is InChI=1S/C11H21NO2/c1-3-12-8-10-4-5-11(14-10)6-7-13-9(11)2/h9-10,12H,3-8H2,1-2H3. The van der Waals surface area contributed by atoms with Crippen molar-refractivity contribution in [2.45, 2.75) is 50.9 Å². The first-order valence-electron chi connectivity index (χ1n) is 5.77. The molecule has 82 valence electrons. The van der Waals surface area contributed by atoms with Crippen LogP contribution in [0.1, 0.15) is 33.1 Å².